The second kappa shape index (κ2) is 7.47. The Balaban J connectivity index is 1.49. The molecule has 1 saturated heterocycles. The Bertz CT molecular complexity index is 1020. The number of hydrogen-bond donors (Lipinski definition) is 2. The molecule has 1 aliphatic heterocycles. The molecular formula is C18H18N6O4. The first kappa shape index (κ1) is 18.2. The number of aliphatic hydroxyl groups is 2. The van der Waals surface area contributed by atoms with Crippen LogP contribution in [0.4, 0.5) is 0 Å². The van der Waals surface area contributed by atoms with Crippen LogP contribution >= 0.6 is 0 Å². The van der Waals surface area contributed by atoms with E-state index in [0.717, 1.165) is 5.56 Å². The first-order chi connectivity index (χ1) is 13.6. The van der Waals surface area contributed by atoms with E-state index in [9.17, 15) is 10.2 Å². The van der Waals surface area contributed by atoms with Gasteiger partial charge in [0.2, 0.25) is 5.88 Å². The maximum Gasteiger partial charge on any atom is 0.245 e. The van der Waals surface area contributed by atoms with Crippen molar-refractivity contribution in [3.05, 3.63) is 42.2 Å². The highest BCUT2D eigenvalue weighted by Gasteiger charge is 2.42. The van der Waals surface area contributed by atoms with Crippen LogP contribution in [0.1, 0.15) is 24.4 Å². The van der Waals surface area contributed by atoms with Crippen LogP contribution < -0.4 is 4.74 Å². The van der Waals surface area contributed by atoms with Crippen molar-refractivity contribution in [2.45, 2.75) is 37.9 Å². The van der Waals surface area contributed by atoms with E-state index in [1.165, 1.54) is 12.7 Å². The van der Waals surface area contributed by atoms with Crippen molar-refractivity contribution in [3.63, 3.8) is 0 Å². The molecule has 10 nitrogen and oxygen atoms in total. The molecule has 0 amide bonds. The fourth-order valence-corrected chi connectivity index (χ4v) is 3.08. The summed E-state index contributed by atoms with van der Waals surface area (Å²) in [5, 5.41) is 28.9. The highest BCUT2D eigenvalue weighted by molar-refractivity contribution is 5.76. The molecule has 0 radical (unpaired) electrons. The lowest BCUT2D eigenvalue weighted by Crippen LogP contribution is -2.30. The normalized spacial score (nSPS) is 24.4. The maximum atomic E-state index is 10.2. The zero-order valence-electron chi connectivity index (χ0n) is 15.0. The standard InChI is InChI=1S/C18H18N6O4/c1-10-14(25)15(26)18(28-10)24-9-23-13-16(24)21-8-22-17(13)27-5-4-11-2-3-12(6-19)20-7-11/h2-3,7-10,14-15,18,25-26H,4-5H2,1H3/t10-,14-,15-,18-/m1/s1. The lowest BCUT2D eigenvalue weighted by molar-refractivity contribution is -0.0299. The predicted octanol–water partition coefficient (Wildman–Crippen LogP) is 0.354. The molecule has 4 atom stereocenters. The average Bonchev–Trinajstić information content (AvgIpc) is 3.25. The van der Waals surface area contributed by atoms with Gasteiger partial charge in [0.05, 0.1) is 19.0 Å². The van der Waals surface area contributed by atoms with E-state index in [1.54, 1.807) is 23.8 Å². The quantitative estimate of drug-likeness (QED) is 0.640. The Morgan fingerprint density at radius 3 is 2.75 bits per heavy atom. The van der Waals surface area contributed by atoms with E-state index in [0.29, 0.717) is 35.8 Å². The molecule has 0 bridgehead atoms. The van der Waals surface area contributed by atoms with Crippen molar-refractivity contribution in [3.8, 4) is 11.9 Å². The molecule has 1 aliphatic rings. The lowest BCUT2D eigenvalue weighted by atomic mass is 10.1. The van der Waals surface area contributed by atoms with Crippen LogP contribution in [0.5, 0.6) is 5.88 Å². The smallest absolute Gasteiger partial charge is 0.245 e. The average molecular weight is 382 g/mol. The van der Waals surface area contributed by atoms with Crippen LogP contribution in [0, 0.1) is 11.3 Å². The van der Waals surface area contributed by atoms with E-state index < -0.39 is 24.5 Å². The highest BCUT2D eigenvalue weighted by atomic mass is 16.6. The Hall–Kier alpha value is -3.13. The van der Waals surface area contributed by atoms with E-state index in [4.69, 9.17) is 14.7 Å². The zero-order chi connectivity index (χ0) is 19.7. The molecule has 4 heterocycles. The third kappa shape index (κ3) is 3.27. The van der Waals surface area contributed by atoms with Crippen LogP contribution in [0.2, 0.25) is 0 Å². The summed E-state index contributed by atoms with van der Waals surface area (Å²) in [5.74, 6) is 0.312. The van der Waals surface area contributed by atoms with Gasteiger partial charge in [0.25, 0.3) is 0 Å². The number of fused-ring (bicyclic) bond motifs is 1. The number of aliphatic hydroxyl groups excluding tert-OH is 2. The number of nitriles is 1. The Morgan fingerprint density at radius 1 is 1.21 bits per heavy atom. The summed E-state index contributed by atoms with van der Waals surface area (Å²) in [6.07, 6.45) is 1.68. The van der Waals surface area contributed by atoms with Crippen LogP contribution in [0.15, 0.2) is 31.0 Å². The van der Waals surface area contributed by atoms with Crippen molar-refractivity contribution in [2.75, 3.05) is 6.61 Å². The summed E-state index contributed by atoms with van der Waals surface area (Å²) in [5.41, 5.74) is 2.17. The van der Waals surface area contributed by atoms with Crippen molar-refractivity contribution in [1.29, 1.82) is 5.26 Å². The summed E-state index contributed by atoms with van der Waals surface area (Å²) < 4.78 is 12.9. The van der Waals surface area contributed by atoms with Gasteiger partial charge in [-0.1, -0.05) is 6.07 Å². The molecule has 0 aromatic carbocycles. The molecule has 28 heavy (non-hydrogen) atoms. The van der Waals surface area contributed by atoms with Crippen LogP contribution in [0.3, 0.4) is 0 Å². The van der Waals surface area contributed by atoms with Gasteiger partial charge in [-0.3, -0.25) is 4.57 Å². The number of pyridine rings is 1. The number of imidazole rings is 1. The second-order valence-corrected chi connectivity index (χ2v) is 6.48. The molecule has 0 aliphatic carbocycles. The number of nitrogens with zero attached hydrogens (tertiary/aromatic N) is 6. The van der Waals surface area contributed by atoms with Gasteiger partial charge in [-0.15, -0.1) is 0 Å². The number of ether oxygens (including phenoxy) is 2. The van der Waals surface area contributed by atoms with E-state index >= 15 is 0 Å². The molecule has 0 spiro atoms. The van der Waals surface area contributed by atoms with Gasteiger partial charge in [-0.25, -0.2) is 15.0 Å². The Labute approximate surface area is 160 Å². The lowest BCUT2D eigenvalue weighted by Gasteiger charge is -2.16. The summed E-state index contributed by atoms with van der Waals surface area (Å²) in [4.78, 5) is 16.7. The summed E-state index contributed by atoms with van der Waals surface area (Å²) in [7, 11) is 0. The minimum Gasteiger partial charge on any atom is -0.476 e. The fraction of sp³-hybridized carbons (Fsp3) is 0.389. The second-order valence-electron chi connectivity index (χ2n) is 6.48. The maximum absolute atomic E-state index is 10.2. The Kier molecular flexibility index (Phi) is 4.87. The monoisotopic (exact) mass is 382 g/mol. The molecule has 3 aromatic heterocycles. The first-order valence-electron chi connectivity index (χ1n) is 8.75. The zero-order valence-corrected chi connectivity index (χ0v) is 15.0. The highest BCUT2D eigenvalue weighted by Crippen LogP contribution is 2.32. The molecule has 144 valence electrons. The van der Waals surface area contributed by atoms with Crippen molar-refractivity contribution < 1.29 is 19.7 Å². The molecule has 10 heteroatoms. The third-order valence-electron chi connectivity index (χ3n) is 4.65. The van der Waals surface area contributed by atoms with Gasteiger partial charge < -0.3 is 19.7 Å². The molecular weight excluding hydrogens is 364 g/mol. The molecule has 1 fully saturated rings. The minimum absolute atomic E-state index is 0.312. The van der Waals surface area contributed by atoms with E-state index in [-0.39, 0.29) is 0 Å². The minimum atomic E-state index is -1.09. The van der Waals surface area contributed by atoms with Crippen LogP contribution in [0.25, 0.3) is 11.2 Å². The van der Waals surface area contributed by atoms with Gasteiger partial charge in [0.15, 0.2) is 17.4 Å². The molecule has 0 unspecified atom stereocenters. The van der Waals surface area contributed by atoms with Gasteiger partial charge in [0.1, 0.15) is 30.3 Å². The predicted molar refractivity (Wildman–Crippen MR) is 95.1 cm³/mol. The van der Waals surface area contributed by atoms with Gasteiger partial charge in [-0.05, 0) is 18.6 Å². The van der Waals surface area contributed by atoms with E-state index in [2.05, 4.69) is 19.9 Å². The third-order valence-corrected chi connectivity index (χ3v) is 4.65. The van der Waals surface area contributed by atoms with Crippen molar-refractivity contribution >= 4 is 11.2 Å². The largest absolute Gasteiger partial charge is 0.476 e. The molecule has 3 aromatic rings. The van der Waals surface area contributed by atoms with Gasteiger partial charge in [0, 0.05) is 12.6 Å². The first-order valence-corrected chi connectivity index (χ1v) is 8.75. The summed E-state index contributed by atoms with van der Waals surface area (Å²) in [6, 6.07) is 5.46. The topological polar surface area (TPSA) is 139 Å². The van der Waals surface area contributed by atoms with Gasteiger partial charge >= 0.3 is 0 Å². The number of hydrogen-bond acceptors (Lipinski definition) is 9. The Morgan fingerprint density at radius 2 is 2.07 bits per heavy atom. The SMILES string of the molecule is C[C@H]1O[C@@H](n2cnc3c(OCCc4ccc(C#N)nc4)ncnc32)[C@H](O)[C@@H]1O. The van der Waals surface area contributed by atoms with E-state index in [1.807, 2.05) is 12.1 Å². The van der Waals surface area contributed by atoms with Crippen LogP contribution in [-0.2, 0) is 11.2 Å². The molecule has 2 N–H and O–H groups in total. The molecule has 4 rings (SSSR count). The van der Waals surface area contributed by atoms with Crippen molar-refractivity contribution in [1.82, 2.24) is 24.5 Å². The van der Waals surface area contributed by atoms with Crippen LogP contribution in [-0.4, -0.2) is 59.6 Å². The number of rotatable bonds is 5. The molecule has 0 saturated carbocycles. The van der Waals surface area contributed by atoms with Gasteiger partial charge in [-0.2, -0.15) is 10.2 Å². The van der Waals surface area contributed by atoms with Crippen molar-refractivity contribution in [2.24, 2.45) is 0 Å². The fourth-order valence-electron chi connectivity index (χ4n) is 3.08. The number of aromatic nitrogens is 5. The summed E-state index contributed by atoms with van der Waals surface area (Å²) >= 11 is 0. The summed E-state index contributed by atoms with van der Waals surface area (Å²) in [6.45, 7) is 2.03.